The summed E-state index contributed by atoms with van der Waals surface area (Å²) >= 11 is 0. The smallest absolute Gasteiger partial charge is 0.265 e. The van der Waals surface area contributed by atoms with E-state index in [1.165, 1.54) is 0 Å². The molecular formula is C21H31N3O4. The summed E-state index contributed by atoms with van der Waals surface area (Å²) in [6.07, 6.45) is 0.628. The first-order valence-electron chi connectivity index (χ1n) is 9.95. The highest BCUT2D eigenvalue weighted by atomic mass is 16.5. The number of nitrogens with zero attached hydrogens (tertiary/aromatic N) is 2. The highest BCUT2D eigenvalue weighted by Gasteiger charge is 2.33. The standard InChI is InChI=1S/C21H31N3O4/c1-15-11-23(12-16(2)28-15)21(3,4)14-22-19(25)9-10-24-17-7-5-6-8-18(17)27-13-20(24)26/h5-8,15-16H,9-14H2,1-4H3,(H,22,25). The van der Waals surface area contributed by atoms with Crippen molar-refractivity contribution in [3.05, 3.63) is 24.3 Å². The lowest BCUT2D eigenvalue weighted by Crippen LogP contribution is -2.58. The second-order valence-electron chi connectivity index (χ2n) is 8.30. The number of para-hydroxylation sites is 2. The van der Waals surface area contributed by atoms with Crippen molar-refractivity contribution in [1.82, 2.24) is 10.2 Å². The Morgan fingerprint density at radius 3 is 2.61 bits per heavy atom. The molecule has 28 heavy (non-hydrogen) atoms. The molecule has 1 saturated heterocycles. The van der Waals surface area contributed by atoms with Crippen LogP contribution < -0.4 is 15.0 Å². The first-order valence-corrected chi connectivity index (χ1v) is 9.95. The average molecular weight is 389 g/mol. The molecule has 1 N–H and O–H groups in total. The monoisotopic (exact) mass is 389 g/mol. The second kappa shape index (κ2) is 8.49. The molecule has 0 aliphatic carbocycles. The molecule has 0 saturated carbocycles. The lowest BCUT2D eigenvalue weighted by molar-refractivity contribution is -0.123. The van der Waals surface area contributed by atoms with Crippen molar-refractivity contribution in [2.45, 2.75) is 51.9 Å². The average Bonchev–Trinajstić information content (AvgIpc) is 2.65. The molecule has 2 amide bonds. The molecule has 2 aliphatic heterocycles. The van der Waals surface area contributed by atoms with Gasteiger partial charge >= 0.3 is 0 Å². The molecule has 2 unspecified atom stereocenters. The van der Waals surface area contributed by atoms with Crippen molar-refractivity contribution in [3.63, 3.8) is 0 Å². The van der Waals surface area contributed by atoms with E-state index in [0.717, 1.165) is 18.8 Å². The van der Waals surface area contributed by atoms with Gasteiger partial charge in [-0.25, -0.2) is 0 Å². The van der Waals surface area contributed by atoms with E-state index >= 15 is 0 Å². The van der Waals surface area contributed by atoms with Gasteiger partial charge in [0.25, 0.3) is 5.91 Å². The maximum absolute atomic E-state index is 12.4. The van der Waals surface area contributed by atoms with Gasteiger partial charge in [0.15, 0.2) is 6.61 Å². The summed E-state index contributed by atoms with van der Waals surface area (Å²) in [5, 5.41) is 3.04. The zero-order valence-corrected chi connectivity index (χ0v) is 17.2. The normalized spacial score (nSPS) is 23.1. The fourth-order valence-corrected chi connectivity index (χ4v) is 3.80. The fraction of sp³-hybridized carbons (Fsp3) is 0.619. The summed E-state index contributed by atoms with van der Waals surface area (Å²) in [5.41, 5.74) is 0.562. The number of benzene rings is 1. The van der Waals surface area contributed by atoms with Crippen LogP contribution >= 0.6 is 0 Å². The van der Waals surface area contributed by atoms with Crippen LogP contribution in [0.1, 0.15) is 34.1 Å². The molecule has 7 nitrogen and oxygen atoms in total. The Labute approximate surface area is 167 Å². The maximum atomic E-state index is 12.4. The Bertz CT molecular complexity index is 711. The molecule has 1 fully saturated rings. The van der Waals surface area contributed by atoms with Crippen molar-refractivity contribution in [2.24, 2.45) is 0 Å². The van der Waals surface area contributed by atoms with Gasteiger partial charge in [-0.05, 0) is 39.8 Å². The van der Waals surface area contributed by atoms with E-state index in [1.54, 1.807) is 4.90 Å². The summed E-state index contributed by atoms with van der Waals surface area (Å²) in [4.78, 5) is 28.6. The minimum Gasteiger partial charge on any atom is -0.482 e. The van der Waals surface area contributed by atoms with Crippen LogP contribution in [-0.4, -0.2) is 67.2 Å². The van der Waals surface area contributed by atoms with Gasteiger partial charge in [0.2, 0.25) is 5.91 Å². The molecule has 0 radical (unpaired) electrons. The molecule has 0 aromatic heterocycles. The highest BCUT2D eigenvalue weighted by molar-refractivity contribution is 5.98. The van der Waals surface area contributed by atoms with E-state index in [9.17, 15) is 9.59 Å². The maximum Gasteiger partial charge on any atom is 0.265 e. The minimum absolute atomic E-state index is 0.0130. The topological polar surface area (TPSA) is 71.1 Å². The van der Waals surface area contributed by atoms with Crippen molar-refractivity contribution in [2.75, 3.05) is 37.7 Å². The highest BCUT2D eigenvalue weighted by Crippen LogP contribution is 2.31. The Morgan fingerprint density at radius 2 is 1.89 bits per heavy atom. The number of anilines is 1. The summed E-state index contributed by atoms with van der Waals surface area (Å²) in [6.45, 7) is 11.1. The number of ether oxygens (including phenoxy) is 2. The molecule has 3 rings (SSSR count). The van der Waals surface area contributed by atoms with Gasteiger partial charge in [-0.2, -0.15) is 0 Å². The SMILES string of the molecule is CC1CN(C(C)(C)CNC(=O)CCN2C(=O)COc3ccccc32)CC(C)O1. The molecule has 1 aromatic rings. The number of hydrogen-bond acceptors (Lipinski definition) is 5. The van der Waals surface area contributed by atoms with Crippen LogP contribution in [-0.2, 0) is 14.3 Å². The predicted molar refractivity (Wildman–Crippen MR) is 108 cm³/mol. The number of amides is 2. The molecular weight excluding hydrogens is 358 g/mol. The quantitative estimate of drug-likeness (QED) is 0.803. The van der Waals surface area contributed by atoms with Crippen molar-refractivity contribution in [1.29, 1.82) is 0 Å². The van der Waals surface area contributed by atoms with Crippen LogP contribution in [0.4, 0.5) is 5.69 Å². The number of carbonyl (C=O) groups is 2. The molecule has 2 atom stereocenters. The van der Waals surface area contributed by atoms with Gasteiger partial charge in [0, 0.05) is 38.1 Å². The summed E-state index contributed by atoms with van der Waals surface area (Å²) in [5.74, 6) is 0.501. The lowest BCUT2D eigenvalue weighted by Gasteiger charge is -2.45. The van der Waals surface area contributed by atoms with Crippen LogP contribution in [0.3, 0.4) is 0 Å². The Hall–Kier alpha value is -2.12. The van der Waals surface area contributed by atoms with Gasteiger partial charge < -0.3 is 19.7 Å². The Balaban J connectivity index is 1.51. The van der Waals surface area contributed by atoms with Crippen LogP contribution in [0.25, 0.3) is 0 Å². The van der Waals surface area contributed by atoms with Gasteiger partial charge in [-0.1, -0.05) is 12.1 Å². The van der Waals surface area contributed by atoms with Gasteiger partial charge in [-0.15, -0.1) is 0 Å². The van der Waals surface area contributed by atoms with E-state index in [0.29, 0.717) is 18.8 Å². The first-order chi connectivity index (χ1) is 13.3. The van der Waals surface area contributed by atoms with Crippen molar-refractivity contribution >= 4 is 17.5 Å². The number of rotatable bonds is 6. The Morgan fingerprint density at radius 1 is 1.21 bits per heavy atom. The van der Waals surface area contributed by atoms with Crippen molar-refractivity contribution in [3.8, 4) is 5.75 Å². The summed E-state index contributed by atoms with van der Waals surface area (Å²) < 4.78 is 11.2. The third-order valence-corrected chi connectivity index (χ3v) is 5.36. The first kappa shape index (κ1) is 20.6. The van der Waals surface area contributed by atoms with Crippen LogP contribution in [0, 0.1) is 0 Å². The summed E-state index contributed by atoms with van der Waals surface area (Å²) in [6, 6.07) is 7.41. The number of fused-ring (bicyclic) bond motifs is 1. The van der Waals surface area contributed by atoms with E-state index in [1.807, 2.05) is 24.3 Å². The van der Waals surface area contributed by atoms with E-state index in [-0.39, 0.29) is 42.6 Å². The Kier molecular flexibility index (Phi) is 6.25. The van der Waals surface area contributed by atoms with Crippen LogP contribution in [0.2, 0.25) is 0 Å². The van der Waals surface area contributed by atoms with Crippen LogP contribution in [0.5, 0.6) is 5.75 Å². The molecule has 154 valence electrons. The molecule has 2 aliphatic rings. The van der Waals surface area contributed by atoms with Crippen LogP contribution in [0.15, 0.2) is 24.3 Å². The largest absolute Gasteiger partial charge is 0.482 e. The van der Waals surface area contributed by atoms with Gasteiger partial charge in [-0.3, -0.25) is 14.5 Å². The summed E-state index contributed by atoms with van der Waals surface area (Å²) in [7, 11) is 0. The minimum atomic E-state index is -0.163. The zero-order valence-electron chi connectivity index (χ0n) is 17.2. The molecule has 0 spiro atoms. The fourth-order valence-electron chi connectivity index (χ4n) is 3.80. The molecule has 1 aromatic carbocycles. The zero-order chi connectivity index (χ0) is 20.3. The van der Waals surface area contributed by atoms with E-state index in [4.69, 9.17) is 9.47 Å². The molecule has 7 heteroatoms. The third-order valence-electron chi connectivity index (χ3n) is 5.36. The van der Waals surface area contributed by atoms with E-state index in [2.05, 4.69) is 37.9 Å². The number of carbonyl (C=O) groups excluding carboxylic acids is 2. The third kappa shape index (κ3) is 4.83. The van der Waals surface area contributed by atoms with Crippen molar-refractivity contribution < 1.29 is 19.1 Å². The van der Waals surface area contributed by atoms with Gasteiger partial charge in [0.1, 0.15) is 5.75 Å². The van der Waals surface area contributed by atoms with Gasteiger partial charge in [0.05, 0.1) is 17.9 Å². The molecule has 0 bridgehead atoms. The molecule has 2 heterocycles. The number of morpholine rings is 1. The lowest BCUT2D eigenvalue weighted by atomic mass is 10.00. The number of nitrogens with one attached hydrogen (secondary N) is 1. The predicted octanol–water partition coefficient (Wildman–Crippen LogP) is 1.81. The number of hydrogen-bond donors (Lipinski definition) is 1. The second-order valence-corrected chi connectivity index (χ2v) is 8.30. The van der Waals surface area contributed by atoms with E-state index < -0.39 is 0 Å².